The number of hydrogen-bond acceptors (Lipinski definition) is 3. The molecule has 1 aliphatic heterocycles. The number of halogens is 1. The first-order chi connectivity index (χ1) is 11.1. The normalized spacial score (nSPS) is 24.7. The Balaban J connectivity index is 1.55. The highest BCUT2D eigenvalue weighted by molar-refractivity contribution is 6.30. The van der Waals surface area contributed by atoms with Crippen LogP contribution >= 0.6 is 11.6 Å². The number of rotatable bonds is 2. The molecule has 0 bridgehead atoms. The van der Waals surface area contributed by atoms with Crippen LogP contribution in [0.2, 0.25) is 5.02 Å². The second-order valence-corrected chi connectivity index (χ2v) is 7.30. The second-order valence-electron chi connectivity index (χ2n) is 6.87. The number of nitrogens with zero attached hydrogens (tertiary/aromatic N) is 3. The van der Waals surface area contributed by atoms with Crippen LogP contribution < -0.4 is 5.56 Å². The molecule has 0 amide bonds. The Labute approximate surface area is 140 Å². The third-order valence-electron chi connectivity index (χ3n) is 5.07. The Morgan fingerprint density at radius 1 is 1.30 bits per heavy atom. The van der Waals surface area contributed by atoms with E-state index in [1.807, 2.05) is 0 Å². The van der Waals surface area contributed by atoms with Gasteiger partial charge < -0.3 is 0 Å². The van der Waals surface area contributed by atoms with E-state index in [0.717, 1.165) is 37.2 Å². The molecule has 1 aliphatic carbocycles. The molecule has 4 nitrogen and oxygen atoms in total. The van der Waals surface area contributed by atoms with E-state index < -0.39 is 0 Å². The first-order valence-corrected chi connectivity index (χ1v) is 8.52. The first kappa shape index (κ1) is 14.9. The maximum Gasteiger partial charge on any atom is 0.258 e. The van der Waals surface area contributed by atoms with Crippen LogP contribution in [0.15, 0.2) is 40.8 Å². The molecule has 2 aliphatic rings. The van der Waals surface area contributed by atoms with Crippen molar-refractivity contribution >= 4 is 17.2 Å². The van der Waals surface area contributed by atoms with E-state index >= 15 is 0 Å². The number of pyridine rings is 1. The number of allylic oxidation sites excluding steroid dienone is 2. The van der Waals surface area contributed by atoms with Gasteiger partial charge in [-0.05, 0) is 43.7 Å². The van der Waals surface area contributed by atoms with Gasteiger partial charge in [-0.3, -0.25) is 14.1 Å². The molecule has 0 spiro atoms. The molecular weight excluding hydrogens is 310 g/mol. The maximum atomic E-state index is 12.3. The molecule has 0 aromatic carbocycles. The summed E-state index contributed by atoms with van der Waals surface area (Å²) in [6, 6.07) is 5.20. The predicted molar refractivity (Wildman–Crippen MR) is 91.7 cm³/mol. The molecule has 0 N–H and O–H groups in total. The minimum Gasteiger partial charge on any atom is -0.297 e. The maximum absolute atomic E-state index is 12.3. The van der Waals surface area contributed by atoms with E-state index in [1.165, 1.54) is 22.8 Å². The van der Waals surface area contributed by atoms with E-state index in [1.54, 1.807) is 24.4 Å². The van der Waals surface area contributed by atoms with E-state index in [0.29, 0.717) is 10.7 Å². The van der Waals surface area contributed by atoms with Crippen molar-refractivity contribution in [2.75, 3.05) is 13.1 Å². The van der Waals surface area contributed by atoms with Gasteiger partial charge in [0.05, 0.1) is 10.7 Å². The van der Waals surface area contributed by atoms with Gasteiger partial charge in [-0.2, -0.15) is 0 Å². The molecule has 0 saturated carbocycles. The molecule has 120 valence electrons. The zero-order valence-corrected chi connectivity index (χ0v) is 14.0. The second kappa shape index (κ2) is 5.77. The summed E-state index contributed by atoms with van der Waals surface area (Å²) < 4.78 is 1.50. The Morgan fingerprint density at radius 3 is 3.00 bits per heavy atom. The lowest BCUT2D eigenvalue weighted by molar-refractivity contribution is 0.310. The molecule has 0 unspecified atom stereocenters. The lowest BCUT2D eigenvalue weighted by Crippen LogP contribution is -2.23. The third kappa shape index (κ3) is 2.93. The molecule has 3 heterocycles. The smallest absolute Gasteiger partial charge is 0.258 e. The van der Waals surface area contributed by atoms with Crippen molar-refractivity contribution in [3.63, 3.8) is 0 Å². The molecular formula is C18H20ClN3O. The summed E-state index contributed by atoms with van der Waals surface area (Å²) in [5, 5.41) is 0.542. The van der Waals surface area contributed by atoms with Gasteiger partial charge in [0.15, 0.2) is 0 Å². The van der Waals surface area contributed by atoms with Gasteiger partial charge >= 0.3 is 0 Å². The molecule has 2 aromatic rings. The lowest BCUT2D eigenvalue weighted by Gasteiger charge is -2.22. The van der Waals surface area contributed by atoms with Gasteiger partial charge in [-0.25, -0.2) is 4.98 Å². The van der Waals surface area contributed by atoms with Gasteiger partial charge in [-0.1, -0.05) is 23.3 Å². The Hall–Kier alpha value is -1.65. The van der Waals surface area contributed by atoms with E-state index in [-0.39, 0.29) is 5.56 Å². The molecule has 2 aromatic heterocycles. The van der Waals surface area contributed by atoms with E-state index in [2.05, 4.69) is 22.9 Å². The first-order valence-electron chi connectivity index (χ1n) is 8.14. The minimum atomic E-state index is -0.0679. The number of hydrogen-bond donors (Lipinski definition) is 0. The Kier molecular flexibility index (Phi) is 3.74. The molecule has 23 heavy (non-hydrogen) atoms. The fourth-order valence-corrected chi connectivity index (χ4v) is 4.11. The quantitative estimate of drug-likeness (QED) is 0.794. The van der Waals surface area contributed by atoms with Crippen LogP contribution in [0.25, 0.3) is 5.65 Å². The van der Waals surface area contributed by atoms with Crippen LogP contribution in [-0.2, 0) is 6.54 Å². The zero-order valence-electron chi connectivity index (χ0n) is 13.2. The fourth-order valence-electron chi connectivity index (χ4n) is 3.95. The van der Waals surface area contributed by atoms with Crippen molar-refractivity contribution in [3.05, 3.63) is 57.1 Å². The molecule has 2 atom stereocenters. The van der Waals surface area contributed by atoms with Crippen LogP contribution in [0.1, 0.15) is 25.5 Å². The van der Waals surface area contributed by atoms with Gasteiger partial charge in [0.2, 0.25) is 0 Å². The van der Waals surface area contributed by atoms with Crippen LogP contribution in [0.5, 0.6) is 0 Å². The summed E-state index contributed by atoms with van der Waals surface area (Å²) in [7, 11) is 0. The summed E-state index contributed by atoms with van der Waals surface area (Å²) in [4.78, 5) is 19.3. The van der Waals surface area contributed by atoms with Gasteiger partial charge in [-0.15, -0.1) is 0 Å². The van der Waals surface area contributed by atoms with Crippen molar-refractivity contribution in [1.82, 2.24) is 14.3 Å². The van der Waals surface area contributed by atoms with Gasteiger partial charge in [0.1, 0.15) is 5.65 Å². The monoisotopic (exact) mass is 329 g/mol. The Morgan fingerprint density at radius 2 is 2.13 bits per heavy atom. The SMILES string of the molecule is CC1=CC[C@H]2CN(Cc3cc(=O)n4cc(Cl)ccc4n3)C[C@H]2C1. The van der Waals surface area contributed by atoms with Gasteiger partial charge in [0.25, 0.3) is 5.56 Å². The third-order valence-corrected chi connectivity index (χ3v) is 5.29. The van der Waals surface area contributed by atoms with Crippen LogP contribution in [0.4, 0.5) is 0 Å². The summed E-state index contributed by atoms with van der Waals surface area (Å²) in [5.41, 5.74) is 2.96. The number of likely N-dealkylation sites (tertiary alicyclic amines) is 1. The highest BCUT2D eigenvalue weighted by Crippen LogP contribution is 2.35. The molecule has 5 heteroatoms. The van der Waals surface area contributed by atoms with Crippen LogP contribution in [-0.4, -0.2) is 27.4 Å². The highest BCUT2D eigenvalue weighted by atomic mass is 35.5. The average molecular weight is 330 g/mol. The average Bonchev–Trinajstić information content (AvgIpc) is 2.89. The van der Waals surface area contributed by atoms with Gasteiger partial charge in [0, 0.05) is 31.9 Å². The van der Waals surface area contributed by atoms with Crippen LogP contribution in [0, 0.1) is 11.8 Å². The largest absolute Gasteiger partial charge is 0.297 e. The summed E-state index contributed by atoms with van der Waals surface area (Å²) in [5.74, 6) is 1.53. The zero-order chi connectivity index (χ0) is 16.0. The minimum absolute atomic E-state index is 0.0679. The van der Waals surface area contributed by atoms with Crippen molar-refractivity contribution in [3.8, 4) is 0 Å². The standard InChI is InChI=1S/C18H20ClN3O/c1-12-2-3-13-8-21(9-14(13)6-12)11-16-7-18(23)22-10-15(19)4-5-17(22)20-16/h2,4-5,7,10,13-14H,3,6,8-9,11H2,1H3/t13-,14+/m0/s1. The fraction of sp³-hybridized carbons (Fsp3) is 0.444. The topological polar surface area (TPSA) is 37.6 Å². The molecule has 1 fully saturated rings. The van der Waals surface area contributed by atoms with Crippen molar-refractivity contribution in [2.45, 2.75) is 26.3 Å². The summed E-state index contributed by atoms with van der Waals surface area (Å²) in [6.45, 7) is 5.20. The lowest BCUT2D eigenvalue weighted by atomic mass is 9.83. The number of fused-ring (bicyclic) bond motifs is 2. The van der Waals surface area contributed by atoms with Crippen LogP contribution in [0.3, 0.4) is 0 Å². The van der Waals surface area contributed by atoms with Crippen molar-refractivity contribution < 1.29 is 0 Å². The molecule has 0 radical (unpaired) electrons. The summed E-state index contributed by atoms with van der Waals surface area (Å²) in [6.07, 6.45) is 6.41. The molecule has 1 saturated heterocycles. The van der Waals surface area contributed by atoms with Crippen molar-refractivity contribution in [2.24, 2.45) is 11.8 Å². The van der Waals surface area contributed by atoms with E-state index in [9.17, 15) is 4.79 Å². The van der Waals surface area contributed by atoms with E-state index in [4.69, 9.17) is 11.6 Å². The predicted octanol–water partition coefficient (Wildman–Crippen LogP) is 3.14. The highest BCUT2D eigenvalue weighted by Gasteiger charge is 2.34. The Bertz CT molecular complexity index is 842. The summed E-state index contributed by atoms with van der Waals surface area (Å²) >= 11 is 5.95. The molecule has 4 rings (SSSR count). The number of aromatic nitrogens is 2. The van der Waals surface area contributed by atoms with Crippen molar-refractivity contribution in [1.29, 1.82) is 0 Å².